The van der Waals surface area contributed by atoms with Crippen LogP contribution < -0.4 is 4.90 Å². The number of morpholine rings is 1. The Kier molecular flexibility index (Phi) is 3.59. The number of anilines is 1. The lowest BCUT2D eigenvalue weighted by atomic mass is 10.1. The van der Waals surface area contributed by atoms with E-state index >= 15 is 0 Å². The standard InChI is InChI=1S/C16H16ClFN2OS/c1-9-12(4-5-13(18)15(9)17)14-8-22-16(19-14)20-10-2-3-11(20)7-21-6-10/h4-5,8,10-11H,2-3,6-7H2,1H3. The number of hydrogen-bond acceptors (Lipinski definition) is 4. The third-order valence-corrected chi connectivity index (χ3v) is 5.89. The van der Waals surface area contributed by atoms with E-state index in [-0.39, 0.29) is 10.8 Å². The molecule has 2 fully saturated rings. The summed E-state index contributed by atoms with van der Waals surface area (Å²) in [4.78, 5) is 7.19. The van der Waals surface area contributed by atoms with Crippen LogP contribution in [0, 0.1) is 12.7 Å². The second-order valence-electron chi connectivity index (χ2n) is 5.88. The Morgan fingerprint density at radius 1 is 1.32 bits per heavy atom. The maximum Gasteiger partial charge on any atom is 0.186 e. The normalized spacial score (nSPS) is 24.0. The van der Waals surface area contributed by atoms with Crippen molar-refractivity contribution in [3.05, 3.63) is 33.9 Å². The molecule has 2 aromatic rings. The van der Waals surface area contributed by atoms with Crippen molar-refractivity contribution in [3.63, 3.8) is 0 Å². The van der Waals surface area contributed by atoms with Crippen molar-refractivity contribution in [1.29, 1.82) is 0 Å². The molecule has 22 heavy (non-hydrogen) atoms. The highest BCUT2D eigenvalue weighted by Gasteiger charge is 2.38. The highest BCUT2D eigenvalue weighted by atomic mass is 35.5. The SMILES string of the molecule is Cc1c(-c2csc(N3C4CCC3COC4)n2)ccc(F)c1Cl. The van der Waals surface area contributed by atoms with Gasteiger partial charge in [0.25, 0.3) is 0 Å². The molecule has 2 unspecified atom stereocenters. The van der Waals surface area contributed by atoms with Crippen molar-refractivity contribution in [1.82, 2.24) is 4.98 Å². The molecule has 1 aromatic heterocycles. The number of aromatic nitrogens is 1. The summed E-state index contributed by atoms with van der Waals surface area (Å²) in [5, 5.41) is 3.24. The Hall–Kier alpha value is -1.17. The first-order chi connectivity index (χ1) is 10.6. The first kappa shape index (κ1) is 14.4. The molecule has 0 N–H and O–H groups in total. The van der Waals surface area contributed by atoms with Crippen LogP contribution in [0.15, 0.2) is 17.5 Å². The van der Waals surface area contributed by atoms with Gasteiger partial charge in [-0.1, -0.05) is 11.6 Å². The molecule has 6 heteroatoms. The highest BCUT2D eigenvalue weighted by Crippen LogP contribution is 2.38. The number of nitrogens with zero attached hydrogens (tertiary/aromatic N) is 2. The monoisotopic (exact) mass is 338 g/mol. The van der Waals surface area contributed by atoms with Crippen LogP contribution in [0.1, 0.15) is 18.4 Å². The van der Waals surface area contributed by atoms with Gasteiger partial charge in [-0.25, -0.2) is 9.37 Å². The Balaban J connectivity index is 1.69. The van der Waals surface area contributed by atoms with Gasteiger partial charge in [-0.3, -0.25) is 0 Å². The zero-order chi connectivity index (χ0) is 15.3. The summed E-state index contributed by atoms with van der Waals surface area (Å²) in [5.74, 6) is -0.385. The van der Waals surface area contributed by atoms with E-state index in [9.17, 15) is 4.39 Å². The molecule has 0 amide bonds. The van der Waals surface area contributed by atoms with Crippen LogP contribution in [-0.2, 0) is 4.74 Å². The van der Waals surface area contributed by atoms with Crippen LogP contribution in [0.2, 0.25) is 5.02 Å². The summed E-state index contributed by atoms with van der Waals surface area (Å²) in [6.07, 6.45) is 2.34. The van der Waals surface area contributed by atoms with Crippen molar-refractivity contribution in [2.45, 2.75) is 31.8 Å². The molecule has 116 valence electrons. The Bertz CT molecular complexity index is 704. The van der Waals surface area contributed by atoms with Crippen molar-refractivity contribution < 1.29 is 9.13 Å². The lowest BCUT2D eigenvalue weighted by Gasteiger charge is -2.34. The van der Waals surface area contributed by atoms with Crippen LogP contribution in [0.25, 0.3) is 11.3 Å². The predicted octanol–water partition coefficient (Wildman–Crippen LogP) is 4.28. The molecule has 0 radical (unpaired) electrons. The van der Waals surface area contributed by atoms with E-state index in [1.807, 2.05) is 12.3 Å². The van der Waals surface area contributed by atoms with E-state index in [1.165, 1.54) is 18.9 Å². The molecule has 3 heterocycles. The summed E-state index contributed by atoms with van der Waals surface area (Å²) in [7, 11) is 0. The molecule has 0 aliphatic carbocycles. The van der Waals surface area contributed by atoms with E-state index in [4.69, 9.17) is 21.3 Å². The molecule has 1 aromatic carbocycles. The van der Waals surface area contributed by atoms with E-state index in [0.29, 0.717) is 12.1 Å². The average Bonchev–Trinajstić information content (AvgIpc) is 3.07. The second kappa shape index (κ2) is 5.48. The molecule has 4 rings (SSSR count). The number of hydrogen-bond donors (Lipinski definition) is 0. The molecule has 2 bridgehead atoms. The largest absolute Gasteiger partial charge is 0.377 e. The summed E-state index contributed by atoms with van der Waals surface area (Å²) < 4.78 is 19.1. The number of thiazole rings is 1. The number of ether oxygens (including phenoxy) is 1. The fourth-order valence-electron chi connectivity index (χ4n) is 3.38. The fourth-order valence-corrected chi connectivity index (χ4v) is 4.51. The van der Waals surface area contributed by atoms with Crippen LogP contribution in [0.3, 0.4) is 0 Å². The lowest BCUT2D eigenvalue weighted by Crippen LogP contribution is -2.45. The maximum atomic E-state index is 13.5. The van der Waals surface area contributed by atoms with Gasteiger partial charge in [0.2, 0.25) is 0 Å². The molecular weight excluding hydrogens is 323 g/mol. The summed E-state index contributed by atoms with van der Waals surface area (Å²) in [6, 6.07) is 4.04. The van der Waals surface area contributed by atoms with Gasteiger partial charge in [-0.15, -0.1) is 11.3 Å². The quantitative estimate of drug-likeness (QED) is 0.817. The molecule has 0 saturated carbocycles. The second-order valence-corrected chi connectivity index (χ2v) is 7.09. The number of fused-ring (bicyclic) bond motifs is 2. The van der Waals surface area contributed by atoms with E-state index in [2.05, 4.69) is 4.90 Å². The zero-order valence-electron chi connectivity index (χ0n) is 12.2. The average molecular weight is 339 g/mol. The van der Waals surface area contributed by atoms with Crippen LogP contribution >= 0.6 is 22.9 Å². The summed E-state index contributed by atoms with van der Waals surface area (Å²) >= 11 is 7.66. The molecule has 0 spiro atoms. The maximum absolute atomic E-state index is 13.5. The number of rotatable bonds is 2. The first-order valence-corrected chi connectivity index (χ1v) is 8.67. The predicted molar refractivity (Wildman–Crippen MR) is 87.4 cm³/mol. The van der Waals surface area contributed by atoms with Gasteiger partial charge >= 0.3 is 0 Å². The van der Waals surface area contributed by atoms with Crippen LogP contribution in [-0.4, -0.2) is 30.3 Å². The number of halogens is 2. The third-order valence-electron chi connectivity index (χ3n) is 4.57. The smallest absolute Gasteiger partial charge is 0.186 e. The first-order valence-electron chi connectivity index (χ1n) is 7.41. The summed E-state index contributed by atoms with van der Waals surface area (Å²) in [5.41, 5.74) is 2.50. The summed E-state index contributed by atoms with van der Waals surface area (Å²) in [6.45, 7) is 3.40. The molecule has 3 nitrogen and oxygen atoms in total. The topological polar surface area (TPSA) is 25.4 Å². The van der Waals surface area contributed by atoms with Gasteiger partial charge in [0.05, 0.1) is 36.0 Å². The van der Waals surface area contributed by atoms with Gasteiger partial charge in [0, 0.05) is 10.9 Å². The minimum Gasteiger partial charge on any atom is -0.377 e. The highest BCUT2D eigenvalue weighted by molar-refractivity contribution is 7.14. The van der Waals surface area contributed by atoms with Crippen molar-refractivity contribution in [2.24, 2.45) is 0 Å². The van der Waals surface area contributed by atoms with Crippen molar-refractivity contribution in [2.75, 3.05) is 18.1 Å². The minimum atomic E-state index is -0.385. The molecule has 2 aliphatic rings. The third kappa shape index (κ3) is 2.23. The van der Waals surface area contributed by atoms with Gasteiger partial charge in [0.15, 0.2) is 5.13 Å². The zero-order valence-corrected chi connectivity index (χ0v) is 13.8. The van der Waals surface area contributed by atoms with Gasteiger partial charge in [0.1, 0.15) is 5.82 Å². The Morgan fingerprint density at radius 2 is 2.05 bits per heavy atom. The molecule has 2 aliphatic heterocycles. The minimum absolute atomic E-state index is 0.179. The Morgan fingerprint density at radius 3 is 2.77 bits per heavy atom. The fraction of sp³-hybridized carbons (Fsp3) is 0.438. The van der Waals surface area contributed by atoms with Crippen LogP contribution in [0.5, 0.6) is 0 Å². The molecule has 2 atom stereocenters. The van der Waals surface area contributed by atoms with Crippen LogP contribution in [0.4, 0.5) is 9.52 Å². The van der Waals surface area contributed by atoms with E-state index in [1.54, 1.807) is 17.4 Å². The molecular formula is C16H16ClFN2OS. The Labute approximate surface area is 137 Å². The lowest BCUT2D eigenvalue weighted by molar-refractivity contribution is 0.0906. The molecule has 2 saturated heterocycles. The van der Waals surface area contributed by atoms with E-state index in [0.717, 1.165) is 35.2 Å². The van der Waals surface area contributed by atoms with Crippen molar-refractivity contribution in [3.8, 4) is 11.3 Å². The number of benzene rings is 1. The van der Waals surface area contributed by atoms with E-state index < -0.39 is 0 Å². The van der Waals surface area contributed by atoms with Gasteiger partial charge < -0.3 is 9.64 Å². The van der Waals surface area contributed by atoms with Gasteiger partial charge in [-0.2, -0.15) is 0 Å². The van der Waals surface area contributed by atoms with Gasteiger partial charge in [-0.05, 0) is 37.5 Å². The van der Waals surface area contributed by atoms with Crippen molar-refractivity contribution >= 4 is 28.1 Å².